The topological polar surface area (TPSA) is 29.3 Å². The number of para-hydroxylation sites is 1. The molecule has 2 rings (SSSR count). The normalized spacial score (nSPS) is 10.9. The third-order valence-electron chi connectivity index (χ3n) is 2.87. The molecule has 0 aliphatic heterocycles. The van der Waals surface area contributed by atoms with E-state index < -0.39 is 0 Å². The Hall–Kier alpha value is -1.39. The molecule has 0 saturated heterocycles. The van der Waals surface area contributed by atoms with Gasteiger partial charge in [-0.3, -0.25) is 4.90 Å². The van der Waals surface area contributed by atoms with Crippen LogP contribution in [0.3, 0.4) is 0 Å². The molecule has 2 aromatic carbocycles. The van der Waals surface area contributed by atoms with Crippen LogP contribution in [0.5, 0.6) is 0 Å². The molecule has 0 spiro atoms. The summed E-state index contributed by atoms with van der Waals surface area (Å²) in [5.74, 6) is -0.225. The van der Waals surface area contributed by atoms with Crippen LogP contribution < -0.4 is 5.73 Å². The Morgan fingerprint density at radius 2 is 1.89 bits per heavy atom. The van der Waals surface area contributed by atoms with Crippen LogP contribution in [0.25, 0.3) is 0 Å². The average Bonchev–Trinajstić information content (AvgIpc) is 2.30. The van der Waals surface area contributed by atoms with Crippen molar-refractivity contribution in [3.63, 3.8) is 0 Å². The van der Waals surface area contributed by atoms with E-state index in [0.29, 0.717) is 6.54 Å². The predicted octanol–water partition coefficient (Wildman–Crippen LogP) is 3.80. The minimum Gasteiger partial charge on any atom is -0.398 e. The number of benzene rings is 2. The molecule has 0 unspecified atom stereocenters. The van der Waals surface area contributed by atoms with Crippen LogP contribution in [0, 0.1) is 5.82 Å². The van der Waals surface area contributed by atoms with Gasteiger partial charge in [0.25, 0.3) is 0 Å². The van der Waals surface area contributed by atoms with Gasteiger partial charge in [0.2, 0.25) is 0 Å². The summed E-state index contributed by atoms with van der Waals surface area (Å²) in [5, 5.41) is 0. The lowest BCUT2D eigenvalue weighted by Crippen LogP contribution is -2.18. The Labute approximate surface area is 121 Å². The predicted molar refractivity (Wildman–Crippen MR) is 80.1 cm³/mol. The van der Waals surface area contributed by atoms with E-state index in [-0.39, 0.29) is 5.82 Å². The van der Waals surface area contributed by atoms with E-state index in [1.807, 2.05) is 37.4 Å². The molecule has 4 heteroatoms. The summed E-state index contributed by atoms with van der Waals surface area (Å²) in [4.78, 5) is 2.10. The van der Waals surface area contributed by atoms with Crippen LogP contribution in [-0.4, -0.2) is 11.9 Å². The van der Waals surface area contributed by atoms with E-state index in [4.69, 9.17) is 5.73 Å². The zero-order valence-electron chi connectivity index (χ0n) is 10.7. The van der Waals surface area contributed by atoms with Crippen LogP contribution >= 0.6 is 15.9 Å². The lowest BCUT2D eigenvalue weighted by molar-refractivity contribution is 0.319. The van der Waals surface area contributed by atoms with Crippen molar-refractivity contribution < 1.29 is 4.39 Å². The van der Waals surface area contributed by atoms with Gasteiger partial charge in [0, 0.05) is 23.2 Å². The number of hydrogen-bond donors (Lipinski definition) is 1. The fraction of sp³-hybridized carbons (Fsp3) is 0.200. The number of nitrogens with two attached hydrogens (primary N) is 1. The molecule has 0 amide bonds. The minimum atomic E-state index is -0.225. The maximum atomic E-state index is 13.3. The van der Waals surface area contributed by atoms with Gasteiger partial charge in [0.1, 0.15) is 5.82 Å². The molecule has 2 aromatic rings. The molecule has 0 aliphatic carbocycles. The second-order valence-corrected chi connectivity index (χ2v) is 5.56. The van der Waals surface area contributed by atoms with Crippen molar-refractivity contribution in [3.8, 4) is 0 Å². The molecule has 0 fully saturated rings. The second kappa shape index (κ2) is 6.17. The highest BCUT2D eigenvalue weighted by Crippen LogP contribution is 2.18. The zero-order valence-corrected chi connectivity index (χ0v) is 12.3. The minimum absolute atomic E-state index is 0.225. The summed E-state index contributed by atoms with van der Waals surface area (Å²) in [5.41, 5.74) is 8.72. The summed E-state index contributed by atoms with van der Waals surface area (Å²) in [6.07, 6.45) is 0. The highest BCUT2D eigenvalue weighted by Gasteiger charge is 2.06. The third kappa shape index (κ3) is 4.04. The fourth-order valence-corrected chi connectivity index (χ4v) is 2.55. The van der Waals surface area contributed by atoms with Crippen molar-refractivity contribution in [2.24, 2.45) is 0 Å². The van der Waals surface area contributed by atoms with Crippen LogP contribution in [0.2, 0.25) is 0 Å². The van der Waals surface area contributed by atoms with Crippen molar-refractivity contribution >= 4 is 21.6 Å². The number of anilines is 1. The molecule has 0 radical (unpaired) electrons. The summed E-state index contributed by atoms with van der Waals surface area (Å²) < 4.78 is 14.1. The molecule has 0 aromatic heterocycles. The van der Waals surface area contributed by atoms with Gasteiger partial charge in [0.05, 0.1) is 0 Å². The maximum Gasteiger partial charge on any atom is 0.124 e. The maximum absolute atomic E-state index is 13.3. The lowest BCUT2D eigenvalue weighted by atomic mass is 10.1. The smallest absolute Gasteiger partial charge is 0.124 e. The lowest BCUT2D eigenvalue weighted by Gasteiger charge is -2.18. The van der Waals surface area contributed by atoms with E-state index in [0.717, 1.165) is 27.8 Å². The highest BCUT2D eigenvalue weighted by molar-refractivity contribution is 9.10. The zero-order chi connectivity index (χ0) is 13.8. The first-order valence-corrected chi connectivity index (χ1v) is 6.81. The summed E-state index contributed by atoms with van der Waals surface area (Å²) >= 11 is 3.30. The number of nitrogen functional groups attached to an aromatic ring is 1. The van der Waals surface area contributed by atoms with Gasteiger partial charge >= 0.3 is 0 Å². The van der Waals surface area contributed by atoms with Crippen LogP contribution in [-0.2, 0) is 13.1 Å². The first kappa shape index (κ1) is 14.0. The number of nitrogens with zero attached hydrogens (tertiary/aromatic N) is 1. The SMILES string of the molecule is CN(Cc1cc(F)cc(Br)c1)Cc1ccccc1N. The molecule has 2 nitrogen and oxygen atoms in total. The monoisotopic (exact) mass is 322 g/mol. The first-order valence-electron chi connectivity index (χ1n) is 6.01. The van der Waals surface area contributed by atoms with E-state index in [9.17, 15) is 4.39 Å². The number of hydrogen-bond acceptors (Lipinski definition) is 2. The standard InChI is InChI=1S/C15H16BrFN2/c1-19(10-12-4-2-3-5-15(12)18)9-11-6-13(16)8-14(17)7-11/h2-8H,9-10,18H2,1H3. The summed E-state index contributed by atoms with van der Waals surface area (Å²) in [7, 11) is 1.99. The molecule has 0 saturated carbocycles. The molecular formula is C15H16BrFN2. The van der Waals surface area contributed by atoms with E-state index in [1.54, 1.807) is 6.07 Å². The van der Waals surface area contributed by atoms with Crippen LogP contribution in [0.15, 0.2) is 46.9 Å². The number of halogens is 2. The van der Waals surface area contributed by atoms with E-state index in [1.165, 1.54) is 6.07 Å². The third-order valence-corrected chi connectivity index (χ3v) is 3.33. The quantitative estimate of drug-likeness (QED) is 0.867. The van der Waals surface area contributed by atoms with E-state index >= 15 is 0 Å². The first-order chi connectivity index (χ1) is 9.04. The van der Waals surface area contributed by atoms with Crippen molar-refractivity contribution in [1.82, 2.24) is 4.90 Å². The fourth-order valence-electron chi connectivity index (χ4n) is 2.04. The van der Waals surface area contributed by atoms with Gasteiger partial charge < -0.3 is 5.73 Å². The number of rotatable bonds is 4. The Bertz CT molecular complexity index is 552. The van der Waals surface area contributed by atoms with Crippen molar-refractivity contribution in [3.05, 3.63) is 63.9 Å². The van der Waals surface area contributed by atoms with Gasteiger partial charge in [-0.1, -0.05) is 34.1 Å². The Kier molecular flexibility index (Phi) is 4.56. The Balaban J connectivity index is 2.05. The molecule has 2 N–H and O–H groups in total. The summed E-state index contributed by atoms with van der Waals surface area (Å²) in [6.45, 7) is 1.41. The Morgan fingerprint density at radius 1 is 1.16 bits per heavy atom. The molecule has 100 valence electrons. The molecule has 0 heterocycles. The van der Waals surface area contributed by atoms with E-state index in [2.05, 4.69) is 20.8 Å². The molecule has 19 heavy (non-hydrogen) atoms. The van der Waals surface area contributed by atoms with Crippen LogP contribution in [0.4, 0.5) is 10.1 Å². The van der Waals surface area contributed by atoms with Gasteiger partial charge in [-0.05, 0) is 42.4 Å². The van der Waals surface area contributed by atoms with Crippen molar-refractivity contribution in [2.45, 2.75) is 13.1 Å². The molecule has 0 bridgehead atoms. The average molecular weight is 323 g/mol. The highest BCUT2D eigenvalue weighted by atomic mass is 79.9. The summed E-state index contributed by atoms with van der Waals surface area (Å²) in [6, 6.07) is 12.7. The van der Waals surface area contributed by atoms with Gasteiger partial charge in [0.15, 0.2) is 0 Å². The largest absolute Gasteiger partial charge is 0.398 e. The van der Waals surface area contributed by atoms with Crippen LogP contribution in [0.1, 0.15) is 11.1 Å². The van der Waals surface area contributed by atoms with Gasteiger partial charge in [-0.15, -0.1) is 0 Å². The Morgan fingerprint density at radius 3 is 2.58 bits per heavy atom. The molecule has 0 aliphatic rings. The molecule has 0 atom stereocenters. The van der Waals surface area contributed by atoms with Crippen molar-refractivity contribution in [1.29, 1.82) is 0 Å². The van der Waals surface area contributed by atoms with Crippen molar-refractivity contribution in [2.75, 3.05) is 12.8 Å². The second-order valence-electron chi connectivity index (χ2n) is 4.65. The van der Waals surface area contributed by atoms with Gasteiger partial charge in [-0.2, -0.15) is 0 Å². The molecular weight excluding hydrogens is 307 g/mol. The van der Waals surface area contributed by atoms with Gasteiger partial charge in [-0.25, -0.2) is 4.39 Å².